The molecule has 0 radical (unpaired) electrons. The van der Waals surface area contributed by atoms with Gasteiger partial charge in [0, 0.05) is 25.5 Å². The zero-order valence-electron chi connectivity index (χ0n) is 11.0. The van der Waals surface area contributed by atoms with Crippen molar-refractivity contribution in [3.63, 3.8) is 0 Å². The van der Waals surface area contributed by atoms with Gasteiger partial charge in [0.05, 0.1) is 6.04 Å². The molecule has 0 saturated carbocycles. The van der Waals surface area contributed by atoms with E-state index in [1.807, 2.05) is 12.3 Å². The van der Waals surface area contributed by atoms with Gasteiger partial charge in [-0.1, -0.05) is 6.92 Å². The molecule has 1 N–H and O–H groups in total. The summed E-state index contributed by atoms with van der Waals surface area (Å²) >= 11 is 1.53. The van der Waals surface area contributed by atoms with Gasteiger partial charge in [0.25, 0.3) is 0 Å². The molecular formula is C11H15N5O2S. The van der Waals surface area contributed by atoms with Crippen LogP contribution in [0.4, 0.5) is 11.6 Å². The van der Waals surface area contributed by atoms with Crippen molar-refractivity contribution in [2.45, 2.75) is 26.3 Å². The molecule has 0 aliphatic carbocycles. The summed E-state index contributed by atoms with van der Waals surface area (Å²) in [5, 5.41) is 17.0. The Morgan fingerprint density at radius 1 is 1.63 bits per heavy atom. The van der Waals surface area contributed by atoms with Crippen molar-refractivity contribution in [2.75, 3.05) is 5.32 Å². The van der Waals surface area contributed by atoms with Gasteiger partial charge in [-0.05, 0) is 16.3 Å². The second-order valence-electron chi connectivity index (χ2n) is 4.12. The van der Waals surface area contributed by atoms with Crippen molar-refractivity contribution >= 4 is 23.0 Å². The fourth-order valence-corrected chi connectivity index (χ4v) is 2.56. The summed E-state index contributed by atoms with van der Waals surface area (Å²) in [6.45, 7) is 3.75. The molecule has 0 aliphatic heterocycles. The van der Waals surface area contributed by atoms with Crippen molar-refractivity contribution in [3.8, 4) is 0 Å². The highest BCUT2D eigenvalue weighted by Gasteiger charge is 2.26. The minimum Gasteiger partial charge on any atom is -0.358 e. The second kappa shape index (κ2) is 5.35. The van der Waals surface area contributed by atoms with Crippen LogP contribution in [0.2, 0.25) is 0 Å². The number of nitrogens with zero attached hydrogens (tertiary/aromatic N) is 4. The number of nitro groups is 1. The van der Waals surface area contributed by atoms with Crippen LogP contribution in [0.5, 0.6) is 0 Å². The molecule has 19 heavy (non-hydrogen) atoms. The number of thiazole rings is 1. The van der Waals surface area contributed by atoms with Gasteiger partial charge in [0.1, 0.15) is 5.01 Å². The van der Waals surface area contributed by atoms with Crippen LogP contribution in [0.3, 0.4) is 0 Å². The van der Waals surface area contributed by atoms with Crippen LogP contribution < -0.4 is 5.32 Å². The van der Waals surface area contributed by atoms with Crippen LogP contribution in [0, 0.1) is 17.0 Å². The van der Waals surface area contributed by atoms with Gasteiger partial charge in [-0.2, -0.15) is 0 Å². The van der Waals surface area contributed by atoms with Crippen molar-refractivity contribution in [2.24, 2.45) is 7.05 Å². The van der Waals surface area contributed by atoms with Crippen LogP contribution in [0.1, 0.15) is 30.2 Å². The molecule has 0 aromatic carbocycles. The molecule has 2 rings (SSSR count). The number of anilines is 1. The largest absolute Gasteiger partial charge is 0.406 e. The van der Waals surface area contributed by atoms with Crippen LogP contribution in [0.25, 0.3) is 0 Å². The van der Waals surface area contributed by atoms with E-state index in [2.05, 4.69) is 15.3 Å². The van der Waals surface area contributed by atoms with Gasteiger partial charge in [-0.3, -0.25) is 4.57 Å². The molecule has 0 saturated heterocycles. The van der Waals surface area contributed by atoms with Gasteiger partial charge in [0.2, 0.25) is 11.6 Å². The van der Waals surface area contributed by atoms with Crippen LogP contribution in [-0.2, 0) is 7.05 Å². The van der Waals surface area contributed by atoms with Gasteiger partial charge in [0.15, 0.2) is 0 Å². The fourth-order valence-electron chi connectivity index (χ4n) is 1.79. The van der Waals surface area contributed by atoms with Gasteiger partial charge < -0.3 is 15.4 Å². The predicted molar refractivity (Wildman–Crippen MR) is 73.4 cm³/mol. The summed E-state index contributed by atoms with van der Waals surface area (Å²) in [7, 11) is 1.76. The van der Waals surface area contributed by atoms with Crippen LogP contribution in [0.15, 0.2) is 11.6 Å². The van der Waals surface area contributed by atoms with Gasteiger partial charge >= 0.3 is 5.82 Å². The number of aryl methyl sites for hydroxylation is 1. The smallest absolute Gasteiger partial charge is 0.358 e. The third-order valence-electron chi connectivity index (χ3n) is 2.94. The minimum absolute atomic E-state index is 0.0477. The Labute approximate surface area is 114 Å². The Morgan fingerprint density at radius 2 is 2.37 bits per heavy atom. The number of hydrogen-bond donors (Lipinski definition) is 1. The maximum atomic E-state index is 11.0. The first-order valence-corrected chi connectivity index (χ1v) is 6.76. The molecule has 0 aliphatic rings. The zero-order chi connectivity index (χ0) is 14.0. The Kier molecular flexibility index (Phi) is 3.79. The number of aromatic nitrogens is 3. The average molecular weight is 281 g/mol. The van der Waals surface area contributed by atoms with E-state index >= 15 is 0 Å². The van der Waals surface area contributed by atoms with Crippen molar-refractivity contribution in [3.05, 3.63) is 32.5 Å². The van der Waals surface area contributed by atoms with E-state index in [9.17, 15) is 10.1 Å². The summed E-state index contributed by atoms with van der Waals surface area (Å²) in [5.74, 6) is 0.878. The topological polar surface area (TPSA) is 85.9 Å². The molecule has 8 heteroatoms. The maximum Gasteiger partial charge on any atom is 0.406 e. The predicted octanol–water partition coefficient (Wildman–Crippen LogP) is 2.66. The van der Waals surface area contributed by atoms with E-state index in [1.165, 1.54) is 11.3 Å². The normalized spacial score (nSPS) is 12.4. The average Bonchev–Trinajstić information content (AvgIpc) is 2.98. The van der Waals surface area contributed by atoms with E-state index < -0.39 is 4.92 Å². The lowest BCUT2D eigenvalue weighted by Gasteiger charge is -2.15. The first-order valence-electron chi connectivity index (χ1n) is 5.88. The Morgan fingerprint density at radius 3 is 2.89 bits per heavy atom. The molecule has 1 atom stereocenters. The Balaban J connectivity index is 2.34. The second-order valence-corrected chi connectivity index (χ2v) is 5.05. The van der Waals surface area contributed by atoms with Crippen LogP contribution >= 0.6 is 11.3 Å². The van der Waals surface area contributed by atoms with E-state index in [1.54, 1.807) is 24.7 Å². The summed E-state index contributed by atoms with van der Waals surface area (Å²) in [6, 6.07) is -0.0477. The van der Waals surface area contributed by atoms with Gasteiger partial charge in [-0.25, -0.2) is 4.98 Å². The molecule has 2 heterocycles. The third-order valence-corrected chi connectivity index (χ3v) is 3.83. The third kappa shape index (κ3) is 2.58. The van der Waals surface area contributed by atoms with Gasteiger partial charge in [-0.15, -0.1) is 11.3 Å². The minimum atomic E-state index is -0.468. The Hall–Kier alpha value is -1.96. The fraction of sp³-hybridized carbons (Fsp3) is 0.455. The number of nitrogens with one attached hydrogen (secondary N) is 1. The molecule has 2 aromatic heterocycles. The molecule has 0 spiro atoms. The number of hydrogen-bond acceptors (Lipinski definition) is 6. The summed E-state index contributed by atoms with van der Waals surface area (Å²) in [6.07, 6.45) is 2.52. The summed E-state index contributed by atoms with van der Waals surface area (Å²) in [5.41, 5.74) is 0. The number of rotatable bonds is 5. The number of imidazole rings is 1. The standard InChI is InChI=1S/C11H15N5O2S/c1-4-8(11-12-5-6-19-11)14-9-10(16(17)18)13-7(2)15(9)3/h5-6,8,14H,4H2,1-3H3. The van der Waals surface area contributed by atoms with E-state index in [0.29, 0.717) is 11.6 Å². The molecule has 7 nitrogen and oxygen atoms in total. The van der Waals surface area contributed by atoms with Crippen molar-refractivity contribution in [1.82, 2.24) is 14.5 Å². The van der Waals surface area contributed by atoms with Crippen molar-refractivity contribution in [1.29, 1.82) is 0 Å². The highest BCUT2D eigenvalue weighted by atomic mass is 32.1. The molecule has 0 fully saturated rings. The molecule has 102 valence electrons. The summed E-state index contributed by atoms with van der Waals surface area (Å²) < 4.78 is 1.69. The highest BCUT2D eigenvalue weighted by molar-refractivity contribution is 7.09. The molecular weight excluding hydrogens is 266 g/mol. The molecule has 2 aromatic rings. The Bertz CT molecular complexity index is 578. The summed E-state index contributed by atoms with van der Waals surface area (Å²) in [4.78, 5) is 18.8. The van der Waals surface area contributed by atoms with Crippen LogP contribution in [-0.4, -0.2) is 19.5 Å². The van der Waals surface area contributed by atoms with E-state index in [-0.39, 0.29) is 11.9 Å². The monoisotopic (exact) mass is 281 g/mol. The highest BCUT2D eigenvalue weighted by Crippen LogP contribution is 2.30. The van der Waals surface area contributed by atoms with Crippen molar-refractivity contribution < 1.29 is 4.92 Å². The lowest BCUT2D eigenvalue weighted by atomic mass is 10.2. The lowest BCUT2D eigenvalue weighted by molar-refractivity contribution is -0.388. The van der Waals surface area contributed by atoms with E-state index in [4.69, 9.17) is 0 Å². The molecule has 0 amide bonds. The quantitative estimate of drug-likeness (QED) is 0.672. The maximum absolute atomic E-state index is 11.0. The first kappa shape index (κ1) is 13.5. The SMILES string of the molecule is CCC(Nc1c([N+](=O)[O-])nc(C)n1C)c1nccs1. The zero-order valence-corrected chi connectivity index (χ0v) is 11.8. The lowest BCUT2D eigenvalue weighted by Crippen LogP contribution is -2.13. The molecule has 1 unspecified atom stereocenters. The molecule has 0 bridgehead atoms. The van der Waals surface area contributed by atoms with E-state index in [0.717, 1.165) is 11.4 Å². The first-order chi connectivity index (χ1) is 9.04.